The molecule has 2 unspecified atom stereocenters. The van der Waals surface area contributed by atoms with Gasteiger partial charge >= 0.3 is 0 Å². The van der Waals surface area contributed by atoms with Gasteiger partial charge in [-0.15, -0.1) is 9.24 Å². The van der Waals surface area contributed by atoms with Gasteiger partial charge in [-0.25, -0.2) is 0 Å². The first-order valence-electron chi connectivity index (χ1n) is 29.6. The minimum atomic E-state index is -1.55. The zero-order valence-electron chi connectivity index (χ0n) is 52.2. The molecule has 1 aromatic rings. The summed E-state index contributed by atoms with van der Waals surface area (Å²) in [4.78, 5) is 127. The number of likely N-dealkylation sites (tertiary alicyclic amines) is 1. The van der Waals surface area contributed by atoms with Crippen molar-refractivity contribution < 1.29 is 43.2 Å². The molecular formula is C60H106N11O9P. The molecule has 5 atom stereocenters. The van der Waals surface area contributed by atoms with E-state index in [0.29, 0.717) is 50.4 Å². The highest BCUT2D eigenvalue weighted by Gasteiger charge is 2.41. The van der Waals surface area contributed by atoms with E-state index in [0.717, 1.165) is 75.4 Å². The fraction of sp³-hybridized carbons (Fsp3) is 0.750. The van der Waals surface area contributed by atoms with Crippen LogP contribution in [0.15, 0.2) is 24.3 Å². The zero-order valence-corrected chi connectivity index (χ0v) is 53.4. The average molecular weight is 1160 g/mol. The number of amides is 9. The molecule has 1 saturated carbocycles. The lowest BCUT2D eigenvalue weighted by Gasteiger charge is -2.34. The summed E-state index contributed by atoms with van der Waals surface area (Å²) in [7, 11) is 4.65. The molecule has 0 aromatic heterocycles. The minimum absolute atomic E-state index is 0.0601. The first-order chi connectivity index (χ1) is 37.6. The standard InChI is InChI=1S/C52H86N11O9P.2C4H10/c1-33(2)28-39(44(67)59-52(8,9)49(72)60-51(6,7)47(70)53-22-23-62-26-24-61(10)25-27-62)56-41(64)30-55-48(71)50(4,5)58-42(65)31-54-43(66)38(21-16-35-14-12-11-13-15-35)57-45(68)40-29-34(3)32-63(40)46(69)36-17-19-37(73)20-18-36;2*1-4(2)3/h17-20,33-35,38-40H,11-16,21-32,73H2,1-10H3,(H,53,70)(H,54,66)(H,55,71)(H,56,64)(H,57,68)(H,58,65)(H,59,67)(H,60,72);2*4H,1-3H3/t34?,38-,39-,40-;;/m0../s1. The van der Waals surface area contributed by atoms with E-state index >= 15 is 0 Å². The number of nitrogens with zero attached hydrogens (tertiary/aromatic N) is 3. The number of rotatable bonds is 24. The molecule has 8 N–H and O–H groups in total. The van der Waals surface area contributed by atoms with Crippen LogP contribution in [0.4, 0.5) is 0 Å². The van der Waals surface area contributed by atoms with Gasteiger partial charge in [0.15, 0.2) is 0 Å². The molecule has 21 heteroatoms. The van der Waals surface area contributed by atoms with Crippen molar-refractivity contribution in [2.75, 3.05) is 66.0 Å². The summed E-state index contributed by atoms with van der Waals surface area (Å²) in [5.74, 6) is -2.94. The monoisotopic (exact) mass is 1160 g/mol. The molecule has 2 saturated heterocycles. The summed E-state index contributed by atoms with van der Waals surface area (Å²) < 4.78 is 0. The summed E-state index contributed by atoms with van der Waals surface area (Å²) in [5.41, 5.74) is -3.88. The number of hydrogen-bond donors (Lipinski definition) is 8. The highest BCUT2D eigenvalue weighted by molar-refractivity contribution is 7.27. The van der Waals surface area contributed by atoms with Crippen molar-refractivity contribution in [2.45, 2.75) is 196 Å². The summed E-state index contributed by atoms with van der Waals surface area (Å²) in [6.45, 7) is 31.9. The highest BCUT2D eigenvalue weighted by atomic mass is 31.0. The summed E-state index contributed by atoms with van der Waals surface area (Å²) >= 11 is 0. The molecule has 81 heavy (non-hydrogen) atoms. The SMILES string of the molecule is CC(C)C.CC(C)C.CC(C)C[C@H](NC(=O)CNC(=O)C(C)(C)NC(=O)CNC(=O)[C@H](CCC1CCCCC1)NC(=O)[C@@H]1CC(C)CN1C(=O)c1ccc(P)cc1)C(=O)NC(C)(C)C(=O)NC(C)(C)C(=O)NCCN1CCN(C)CC1. The number of piperazine rings is 1. The number of carbonyl (C=O) groups is 9. The van der Waals surface area contributed by atoms with Crippen molar-refractivity contribution in [1.82, 2.24) is 57.2 Å². The Kier molecular flexibility index (Phi) is 30.6. The van der Waals surface area contributed by atoms with E-state index in [1.165, 1.54) is 27.7 Å². The van der Waals surface area contributed by atoms with E-state index in [9.17, 15) is 43.2 Å². The predicted molar refractivity (Wildman–Crippen MR) is 324 cm³/mol. The smallest absolute Gasteiger partial charge is 0.254 e. The molecule has 3 aliphatic rings. The number of nitrogens with one attached hydrogen (secondary N) is 8. The molecule has 0 radical (unpaired) electrons. The van der Waals surface area contributed by atoms with Gasteiger partial charge in [0, 0.05) is 51.4 Å². The molecular weight excluding hydrogens is 1050 g/mol. The molecule has 0 spiro atoms. The number of hydrogen-bond acceptors (Lipinski definition) is 11. The summed E-state index contributed by atoms with van der Waals surface area (Å²) in [6, 6.07) is 4.23. The van der Waals surface area contributed by atoms with Gasteiger partial charge in [0.25, 0.3) is 5.91 Å². The molecule has 2 heterocycles. The Morgan fingerprint density at radius 3 is 1.73 bits per heavy atom. The fourth-order valence-corrected chi connectivity index (χ4v) is 9.56. The second-order valence-corrected chi connectivity index (χ2v) is 26.6. The fourth-order valence-electron chi connectivity index (χ4n) is 9.36. The quantitative estimate of drug-likeness (QED) is 0.0686. The molecule has 3 fully saturated rings. The number of carbonyl (C=O) groups excluding carboxylic acids is 9. The lowest BCUT2D eigenvalue weighted by molar-refractivity contribution is -0.138. The van der Waals surface area contributed by atoms with Crippen LogP contribution in [0.1, 0.15) is 172 Å². The second kappa shape index (κ2) is 34.4. The normalized spacial score (nSPS) is 18.0. The second-order valence-electron chi connectivity index (χ2n) is 26.0. The molecule has 4 rings (SSSR count). The minimum Gasteiger partial charge on any atom is -0.353 e. The molecule has 1 aromatic carbocycles. The van der Waals surface area contributed by atoms with E-state index in [1.54, 1.807) is 30.9 Å². The van der Waals surface area contributed by atoms with E-state index in [-0.39, 0.29) is 30.1 Å². The lowest BCUT2D eigenvalue weighted by Crippen LogP contribution is -2.64. The van der Waals surface area contributed by atoms with Gasteiger partial charge in [0.05, 0.1) is 13.1 Å². The van der Waals surface area contributed by atoms with E-state index in [2.05, 4.69) is 110 Å². The van der Waals surface area contributed by atoms with Crippen molar-refractivity contribution >= 4 is 67.7 Å². The van der Waals surface area contributed by atoms with Crippen LogP contribution in [0, 0.1) is 29.6 Å². The van der Waals surface area contributed by atoms with Crippen LogP contribution in [-0.4, -0.2) is 169 Å². The maximum Gasteiger partial charge on any atom is 0.254 e. The van der Waals surface area contributed by atoms with Crippen molar-refractivity contribution in [3.63, 3.8) is 0 Å². The van der Waals surface area contributed by atoms with Crippen LogP contribution in [0.25, 0.3) is 0 Å². The molecule has 1 aliphatic carbocycles. The third-order valence-electron chi connectivity index (χ3n) is 14.0. The van der Waals surface area contributed by atoms with Crippen LogP contribution in [0.3, 0.4) is 0 Å². The Labute approximate surface area is 488 Å². The van der Waals surface area contributed by atoms with Gasteiger partial charge in [-0.3, -0.25) is 48.1 Å². The largest absolute Gasteiger partial charge is 0.353 e. The van der Waals surface area contributed by atoms with Crippen molar-refractivity contribution in [1.29, 1.82) is 0 Å². The summed E-state index contributed by atoms with van der Waals surface area (Å²) in [6.07, 6.45) is 7.12. The maximum atomic E-state index is 13.9. The van der Waals surface area contributed by atoms with Gasteiger partial charge in [0.2, 0.25) is 47.3 Å². The van der Waals surface area contributed by atoms with Crippen LogP contribution in [0.5, 0.6) is 0 Å². The van der Waals surface area contributed by atoms with Crippen molar-refractivity contribution in [3.8, 4) is 0 Å². The Morgan fingerprint density at radius 2 is 1.16 bits per heavy atom. The van der Waals surface area contributed by atoms with Gasteiger partial charge in [-0.05, 0) is 121 Å². The van der Waals surface area contributed by atoms with Crippen LogP contribution >= 0.6 is 9.24 Å². The third-order valence-corrected chi connectivity index (χ3v) is 14.4. The third kappa shape index (κ3) is 27.2. The maximum absolute atomic E-state index is 13.9. The Hall–Kier alpha value is -5.20. The zero-order chi connectivity index (χ0) is 61.4. The molecule has 20 nitrogen and oxygen atoms in total. The topological polar surface area (TPSA) is 260 Å². The first kappa shape index (κ1) is 71.9. The molecule has 460 valence electrons. The van der Waals surface area contributed by atoms with Gasteiger partial charge in [-0.2, -0.15) is 0 Å². The number of benzene rings is 1. The van der Waals surface area contributed by atoms with Gasteiger partial charge in [0.1, 0.15) is 34.7 Å². The van der Waals surface area contributed by atoms with E-state index in [4.69, 9.17) is 0 Å². The van der Waals surface area contributed by atoms with E-state index in [1.807, 2.05) is 32.9 Å². The van der Waals surface area contributed by atoms with Crippen LogP contribution < -0.4 is 47.8 Å². The first-order valence-corrected chi connectivity index (χ1v) is 30.2. The average Bonchev–Trinajstić information content (AvgIpc) is 3.78. The Balaban J connectivity index is 0.00000262. The molecule has 9 amide bonds. The van der Waals surface area contributed by atoms with Gasteiger partial charge < -0.3 is 52.3 Å². The summed E-state index contributed by atoms with van der Waals surface area (Å²) in [5, 5.41) is 22.6. The molecule has 0 bridgehead atoms. The van der Waals surface area contributed by atoms with Crippen molar-refractivity contribution in [2.24, 2.45) is 29.6 Å². The number of likely N-dealkylation sites (N-methyl/N-ethyl adjacent to an activating group) is 1. The van der Waals surface area contributed by atoms with Crippen LogP contribution in [0.2, 0.25) is 0 Å². The Bertz CT molecular complexity index is 2200. The van der Waals surface area contributed by atoms with E-state index < -0.39 is 89.2 Å². The lowest BCUT2D eigenvalue weighted by atomic mass is 9.85. The molecule has 2 aliphatic heterocycles. The van der Waals surface area contributed by atoms with Gasteiger partial charge in [-0.1, -0.05) is 107 Å². The predicted octanol–water partition coefficient (Wildman–Crippen LogP) is 4.02. The Morgan fingerprint density at radius 1 is 0.630 bits per heavy atom. The van der Waals surface area contributed by atoms with Crippen LogP contribution in [-0.2, 0) is 38.4 Å². The highest BCUT2D eigenvalue weighted by Crippen LogP contribution is 2.29. The van der Waals surface area contributed by atoms with Crippen molar-refractivity contribution in [3.05, 3.63) is 29.8 Å².